The predicted molar refractivity (Wildman–Crippen MR) is 88.6 cm³/mol. The van der Waals surface area contributed by atoms with Gasteiger partial charge in [0.05, 0.1) is 7.11 Å². The van der Waals surface area contributed by atoms with Gasteiger partial charge in [0.25, 0.3) is 0 Å². The first-order valence-electron chi connectivity index (χ1n) is 7.43. The van der Waals surface area contributed by atoms with Crippen molar-refractivity contribution in [3.8, 4) is 16.9 Å². The van der Waals surface area contributed by atoms with Crippen LogP contribution < -0.4 is 15.8 Å². The van der Waals surface area contributed by atoms with Crippen molar-refractivity contribution >= 4 is 5.91 Å². The zero-order valence-electron chi connectivity index (χ0n) is 12.8. The Bertz CT molecular complexity index is 591. The fourth-order valence-electron chi connectivity index (χ4n) is 2.15. The van der Waals surface area contributed by atoms with Crippen molar-refractivity contribution < 1.29 is 9.53 Å². The molecule has 0 aromatic heterocycles. The molecule has 2 aromatic carbocycles. The summed E-state index contributed by atoms with van der Waals surface area (Å²) in [5, 5.41) is 2.90. The summed E-state index contributed by atoms with van der Waals surface area (Å²) in [6.07, 6.45) is 1.21. The van der Waals surface area contributed by atoms with E-state index in [9.17, 15) is 4.79 Å². The molecule has 0 saturated heterocycles. The number of hydrogen-bond acceptors (Lipinski definition) is 3. The van der Waals surface area contributed by atoms with Crippen molar-refractivity contribution in [3.05, 3.63) is 54.1 Å². The number of rotatable bonds is 7. The zero-order chi connectivity index (χ0) is 15.8. The third-order valence-corrected chi connectivity index (χ3v) is 3.47. The maximum Gasteiger partial charge on any atom is 0.220 e. The second-order valence-electron chi connectivity index (χ2n) is 5.09. The molecule has 4 nitrogen and oxygen atoms in total. The van der Waals surface area contributed by atoms with Crippen LogP contribution >= 0.6 is 0 Å². The van der Waals surface area contributed by atoms with Crippen molar-refractivity contribution in [1.29, 1.82) is 0 Å². The molecule has 2 rings (SSSR count). The molecule has 0 atom stereocenters. The molecule has 0 bridgehead atoms. The average Bonchev–Trinajstić information content (AvgIpc) is 2.58. The van der Waals surface area contributed by atoms with Gasteiger partial charge < -0.3 is 15.8 Å². The highest BCUT2D eigenvalue weighted by molar-refractivity contribution is 5.75. The van der Waals surface area contributed by atoms with Crippen LogP contribution in [0.3, 0.4) is 0 Å². The second kappa shape index (κ2) is 8.20. The Morgan fingerprint density at radius 1 is 1.05 bits per heavy atom. The first kappa shape index (κ1) is 16.0. The van der Waals surface area contributed by atoms with Crippen LogP contribution in [0.2, 0.25) is 0 Å². The van der Waals surface area contributed by atoms with E-state index >= 15 is 0 Å². The Labute approximate surface area is 131 Å². The molecule has 2 aromatic rings. The van der Waals surface area contributed by atoms with Crippen molar-refractivity contribution in [2.24, 2.45) is 5.73 Å². The van der Waals surface area contributed by atoms with E-state index in [0.717, 1.165) is 28.9 Å². The zero-order valence-corrected chi connectivity index (χ0v) is 12.8. The molecule has 22 heavy (non-hydrogen) atoms. The Morgan fingerprint density at radius 2 is 1.64 bits per heavy atom. The number of nitrogens with one attached hydrogen (secondary N) is 1. The number of nitrogens with two attached hydrogens (primary N) is 1. The molecule has 1 amide bonds. The van der Waals surface area contributed by atoms with E-state index in [0.29, 0.717) is 19.5 Å². The van der Waals surface area contributed by atoms with E-state index in [2.05, 4.69) is 17.4 Å². The minimum Gasteiger partial charge on any atom is -0.497 e. The molecular weight excluding hydrogens is 276 g/mol. The molecule has 0 unspecified atom stereocenters. The lowest BCUT2D eigenvalue weighted by Gasteiger charge is -2.07. The SMILES string of the molecule is COc1ccc(-c2ccc(CNC(=O)CCCN)cc2)cc1. The summed E-state index contributed by atoms with van der Waals surface area (Å²) in [6, 6.07) is 16.1. The molecule has 0 saturated carbocycles. The molecular formula is C18H22N2O2. The Balaban J connectivity index is 1.93. The van der Waals surface area contributed by atoms with Gasteiger partial charge in [-0.3, -0.25) is 4.79 Å². The van der Waals surface area contributed by atoms with Gasteiger partial charge in [-0.1, -0.05) is 36.4 Å². The molecule has 0 radical (unpaired) electrons. The molecule has 0 aliphatic rings. The van der Waals surface area contributed by atoms with Crippen molar-refractivity contribution in [2.75, 3.05) is 13.7 Å². The monoisotopic (exact) mass is 298 g/mol. The van der Waals surface area contributed by atoms with Gasteiger partial charge in [-0.15, -0.1) is 0 Å². The van der Waals surface area contributed by atoms with Crippen LogP contribution in [0.25, 0.3) is 11.1 Å². The Hall–Kier alpha value is -2.33. The third-order valence-electron chi connectivity index (χ3n) is 3.47. The number of amides is 1. The molecule has 0 heterocycles. The van der Waals surface area contributed by atoms with E-state index in [1.807, 2.05) is 36.4 Å². The fraction of sp³-hybridized carbons (Fsp3) is 0.278. The summed E-state index contributed by atoms with van der Waals surface area (Å²) in [5.41, 5.74) is 8.75. The van der Waals surface area contributed by atoms with Crippen LogP contribution in [-0.4, -0.2) is 19.6 Å². The largest absolute Gasteiger partial charge is 0.497 e. The number of methoxy groups -OCH3 is 1. The van der Waals surface area contributed by atoms with E-state index in [1.54, 1.807) is 7.11 Å². The fourth-order valence-corrected chi connectivity index (χ4v) is 2.15. The summed E-state index contributed by atoms with van der Waals surface area (Å²) in [5.74, 6) is 0.894. The van der Waals surface area contributed by atoms with Crippen LogP contribution in [0.5, 0.6) is 5.75 Å². The minimum absolute atomic E-state index is 0.0460. The van der Waals surface area contributed by atoms with Gasteiger partial charge in [0.1, 0.15) is 5.75 Å². The Morgan fingerprint density at radius 3 is 2.18 bits per heavy atom. The average molecular weight is 298 g/mol. The van der Waals surface area contributed by atoms with Gasteiger partial charge in [0.15, 0.2) is 0 Å². The van der Waals surface area contributed by atoms with E-state index in [-0.39, 0.29) is 5.91 Å². The van der Waals surface area contributed by atoms with E-state index < -0.39 is 0 Å². The highest BCUT2D eigenvalue weighted by atomic mass is 16.5. The van der Waals surface area contributed by atoms with Gasteiger partial charge in [-0.2, -0.15) is 0 Å². The van der Waals surface area contributed by atoms with E-state index in [1.165, 1.54) is 0 Å². The topological polar surface area (TPSA) is 64.3 Å². The predicted octanol–water partition coefficient (Wildman–Crippen LogP) is 2.72. The maximum atomic E-state index is 11.5. The van der Waals surface area contributed by atoms with Gasteiger partial charge in [-0.05, 0) is 41.8 Å². The van der Waals surface area contributed by atoms with Crippen molar-refractivity contribution in [2.45, 2.75) is 19.4 Å². The third kappa shape index (κ3) is 4.60. The maximum absolute atomic E-state index is 11.5. The highest BCUT2D eigenvalue weighted by Gasteiger charge is 2.02. The summed E-state index contributed by atoms with van der Waals surface area (Å²) in [4.78, 5) is 11.5. The van der Waals surface area contributed by atoms with Crippen LogP contribution in [0.4, 0.5) is 0 Å². The molecule has 0 aliphatic heterocycles. The number of benzene rings is 2. The molecule has 0 fully saturated rings. The number of ether oxygens (including phenoxy) is 1. The standard InChI is InChI=1S/C18H22N2O2/c1-22-17-10-8-16(9-11-17)15-6-4-14(5-7-15)13-20-18(21)3-2-12-19/h4-11H,2-3,12-13,19H2,1H3,(H,20,21). The molecule has 0 aliphatic carbocycles. The highest BCUT2D eigenvalue weighted by Crippen LogP contribution is 2.22. The smallest absolute Gasteiger partial charge is 0.220 e. The second-order valence-corrected chi connectivity index (χ2v) is 5.09. The lowest BCUT2D eigenvalue weighted by Crippen LogP contribution is -2.23. The molecule has 116 valence electrons. The van der Waals surface area contributed by atoms with Crippen molar-refractivity contribution in [3.63, 3.8) is 0 Å². The normalized spacial score (nSPS) is 10.3. The van der Waals surface area contributed by atoms with Gasteiger partial charge in [-0.25, -0.2) is 0 Å². The van der Waals surface area contributed by atoms with E-state index in [4.69, 9.17) is 10.5 Å². The first-order valence-corrected chi connectivity index (χ1v) is 7.43. The quantitative estimate of drug-likeness (QED) is 0.826. The number of hydrogen-bond donors (Lipinski definition) is 2. The van der Waals surface area contributed by atoms with Crippen molar-refractivity contribution in [1.82, 2.24) is 5.32 Å². The summed E-state index contributed by atoms with van der Waals surface area (Å²) < 4.78 is 5.16. The van der Waals surface area contributed by atoms with Gasteiger partial charge in [0.2, 0.25) is 5.91 Å². The summed E-state index contributed by atoms with van der Waals surface area (Å²) in [6.45, 7) is 1.09. The van der Waals surface area contributed by atoms with Crippen LogP contribution in [-0.2, 0) is 11.3 Å². The van der Waals surface area contributed by atoms with Gasteiger partial charge in [0, 0.05) is 13.0 Å². The van der Waals surface area contributed by atoms with Gasteiger partial charge >= 0.3 is 0 Å². The lowest BCUT2D eigenvalue weighted by atomic mass is 10.0. The first-order chi connectivity index (χ1) is 10.7. The molecule has 4 heteroatoms. The number of carbonyl (C=O) groups excluding carboxylic acids is 1. The summed E-state index contributed by atoms with van der Waals surface area (Å²) >= 11 is 0. The van der Waals surface area contributed by atoms with Crippen LogP contribution in [0, 0.1) is 0 Å². The van der Waals surface area contributed by atoms with Crippen LogP contribution in [0.15, 0.2) is 48.5 Å². The van der Waals surface area contributed by atoms with Crippen LogP contribution in [0.1, 0.15) is 18.4 Å². The Kier molecular flexibility index (Phi) is 5.98. The molecule has 3 N–H and O–H groups in total. The lowest BCUT2D eigenvalue weighted by molar-refractivity contribution is -0.121. The minimum atomic E-state index is 0.0460. The number of carbonyl (C=O) groups is 1. The summed E-state index contributed by atoms with van der Waals surface area (Å²) in [7, 11) is 1.66. The molecule has 0 spiro atoms.